The van der Waals surface area contributed by atoms with E-state index in [-0.39, 0.29) is 0 Å². The second kappa shape index (κ2) is 4.17. The number of hydrogen-bond donors (Lipinski definition) is 0. The lowest BCUT2D eigenvalue weighted by atomic mass is 10.4. The van der Waals surface area contributed by atoms with Gasteiger partial charge in [-0.1, -0.05) is 0 Å². The van der Waals surface area contributed by atoms with Crippen molar-refractivity contribution < 1.29 is 4.74 Å². The lowest BCUT2D eigenvalue weighted by Crippen LogP contribution is -1.99. The number of terminal acetylenes is 1. The predicted molar refractivity (Wildman–Crippen MR) is 49.9 cm³/mol. The summed E-state index contributed by atoms with van der Waals surface area (Å²) < 4.78 is 7.59. The SMILES string of the molecule is C#CCCn1nc(OC)cc1Br. The monoisotopic (exact) mass is 228 g/mol. The van der Waals surface area contributed by atoms with Crippen molar-refractivity contribution in [3.05, 3.63) is 10.7 Å². The summed E-state index contributed by atoms with van der Waals surface area (Å²) in [5.74, 6) is 3.14. The Morgan fingerprint density at radius 2 is 2.58 bits per heavy atom. The van der Waals surface area contributed by atoms with Gasteiger partial charge in [0.05, 0.1) is 13.7 Å². The fourth-order valence-corrected chi connectivity index (χ4v) is 1.25. The van der Waals surface area contributed by atoms with Gasteiger partial charge in [0.15, 0.2) is 0 Å². The minimum absolute atomic E-state index is 0.596. The zero-order valence-corrected chi connectivity index (χ0v) is 8.34. The molecule has 0 amide bonds. The molecule has 0 aromatic carbocycles. The quantitative estimate of drug-likeness (QED) is 0.737. The summed E-state index contributed by atoms with van der Waals surface area (Å²) in [6.45, 7) is 0.709. The highest BCUT2D eigenvalue weighted by molar-refractivity contribution is 9.10. The number of nitrogens with zero attached hydrogens (tertiary/aromatic N) is 2. The fraction of sp³-hybridized carbons (Fsp3) is 0.375. The molecule has 0 radical (unpaired) electrons. The third-order valence-corrected chi connectivity index (χ3v) is 2.02. The van der Waals surface area contributed by atoms with Crippen LogP contribution in [-0.4, -0.2) is 16.9 Å². The maximum Gasteiger partial charge on any atom is 0.233 e. The Labute approximate surface area is 79.8 Å². The summed E-state index contributed by atoms with van der Waals surface area (Å²) >= 11 is 3.34. The van der Waals surface area contributed by atoms with Crippen LogP contribution < -0.4 is 4.74 Å². The molecule has 0 N–H and O–H groups in total. The molecule has 0 aliphatic heterocycles. The van der Waals surface area contributed by atoms with Crippen molar-refractivity contribution in [2.45, 2.75) is 13.0 Å². The largest absolute Gasteiger partial charge is 0.480 e. The Balaban J connectivity index is 2.72. The van der Waals surface area contributed by atoms with Crippen molar-refractivity contribution >= 4 is 15.9 Å². The van der Waals surface area contributed by atoms with Gasteiger partial charge in [-0.05, 0) is 15.9 Å². The number of rotatable bonds is 3. The van der Waals surface area contributed by atoms with Crippen molar-refractivity contribution in [3.8, 4) is 18.2 Å². The number of methoxy groups -OCH3 is 1. The van der Waals surface area contributed by atoms with E-state index in [1.807, 2.05) is 0 Å². The van der Waals surface area contributed by atoms with E-state index in [0.29, 0.717) is 18.8 Å². The van der Waals surface area contributed by atoms with E-state index in [0.717, 1.165) is 4.60 Å². The first-order valence-electron chi connectivity index (χ1n) is 3.48. The molecule has 0 bridgehead atoms. The smallest absolute Gasteiger partial charge is 0.233 e. The van der Waals surface area contributed by atoms with Crippen molar-refractivity contribution in [1.82, 2.24) is 9.78 Å². The van der Waals surface area contributed by atoms with Crippen LogP contribution in [0.3, 0.4) is 0 Å². The van der Waals surface area contributed by atoms with Gasteiger partial charge in [-0.25, -0.2) is 0 Å². The van der Waals surface area contributed by atoms with Gasteiger partial charge in [-0.3, -0.25) is 4.68 Å². The summed E-state index contributed by atoms with van der Waals surface area (Å²) in [6.07, 6.45) is 5.80. The maximum atomic E-state index is 5.13. The van der Waals surface area contributed by atoms with Crippen LogP contribution in [0.2, 0.25) is 0 Å². The standard InChI is InChI=1S/C8H9BrN2O/c1-3-4-5-11-7(9)6-8(10-11)12-2/h1,6H,4-5H2,2H3. The molecule has 0 aliphatic carbocycles. The molecule has 0 fully saturated rings. The number of ether oxygens (including phenoxy) is 1. The van der Waals surface area contributed by atoms with E-state index in [1.165, 1.54) is 0 Å². The van der Waals surface area contributed by atoms with E-state index in [4.69, 9.17) is 11.2 Å². The van der Waals surface area contributed by atoms with E-state index in [1.54, 1.807) is 17.9 Å². The molecular formula is C8H9BrN2O. The Kier molecular flexibility index (Phi) is 3.18. The normalized spacial score (nSPS) is 9.42. The summed E-state index contributed by atoms with van der Waals surface area (Å²) in [5.41, 5.74) is 0. The van der Waals surface area contributed by atoms with E-state index in [2.05, 4.69) is 26.9 Å². The fourth-order valence-electron chi connectivity index (χ4n) is 0.799. The molecule has 0 atom stereocenters. The number of aryl methyl sites for hydroxylation is 1. The molecule has 64 valence electrons. The first-order valence-corrected chi connectivity index (χ1v) is 4.28. The molecule has 0 aliphatic rings. The van der Waals surface area contributed by atoms with Crippen LogP contribution in [0.1, 0.15) is 6.42 Å². The number of aromatic nitrogens is 2. The van der Waals surface area contributed by atoms with Crippen molar-refractivity contribution in [2.75, 3.05) is 7.11 Å². The number of halogens is 1. The van der Waals surface area contributed by atoms with Gasteiger partial charge in [0.2, 0.25) is 5.88 Å². The molecule has 1 aromatic heterocycles. The van der Waals surface area contributed by atoms with Crippen LogP contribution in [0.5, 0.6) is 5.88 Å². The molecule has 1 aromatic rings. The van der Waals surface area contributed by atoms with E-state index < -0.39 is 0 Å². The second-order valence-electron chi connectivity index (χ2n) is 2.19. The van der Waals surface area contributed by atoms with Crippen molar-refractivity contribution in [3.63, 3.8) is 0 Å². The summed E-state index contributed by atoms with van der Waals surface area (Å²) in [4.78, 5) is 0. The van der Waals surface area contributed by atoms with Crippen LogP contribution in [0.4, 0.5) is 0 Å². The molecule has 1 rings (SSSR count). The van der Waals surface area contributed by atoms with E-state index >= 15 is 0 Å². The zero-order valence-electron chi connectivity index (χ0n) is 6.75. The molecule has 0 spiro atoms. The highest BCUT2D eigenvalue weighted by atomic mass is 79.9. The van der Waals surface area contributed by atoms with Crippen LogP contribution in [0, 0.1) is 12.3 Å². The third-order valence-electron chi connectivity index (χ3n) is 1.39. The average molecular weight is 229 g/mol. The summed E-state index contributed by atoms with van der Waals surface area (Å²) in [6, 6.07) is 1.80. The highest BCUT2D eigenvalue weighted by Gasteiger charge is 2.03. The van der Waals surface area contributed by atoms with Gasteiger partial charge in [0.1, 0.15) is 4.60 Å². The van der Waals surface area contributed by atoms with Crippen LogP contribution in [0.25, 0.3) is 0 Å². The Bertz CT molecular complexity index is 300. The van der Waals surface area contributed by atoms with Crippen molar-refractivity contribution in [2.24, 2.45) is 0 Å². The maximum absolute atomic E-state index is 5.13. The zero-order chi connectivity index (χ0) is 8.97. The molecule has 4 heteroatoms. The van der Waals surface area contributed by atoms with E-state index in [9.17, 15) is 0 Å². The molecular weight excluding hydrogens is 220 g/mol. The third kappa shape index (κ3) is 2.02. The van der Waals surface area contributed by atoms with Crippen LogP contribution >= 0.6 is 15.9 Å². The molecule has 12 heavy (non-hydrogen) atoms. The molecule has 0 unspecified atom stereocenters. The van der Waals surface area contributed by atoms with Gasteiger partial charge in [-0.15, -0.1) is 17.4 Å². The first kappa shape index (κ1) is 9.14. The Morgan fingerprint density at radius 3 is 3.08 bits per heavy atom. The second-order valence-corrected chi connectivity index (χ2v) is 3.00. The van der Waals surface area contributed by atoms with Gasteiger partial charge in [0, 0.05) is 12.5 Å². The minimum Gasteiger partial charge on any atom is -0.480 e. The average Bonchev–Trinajstić information content (AvgIpc) is 2.43. The van der Waals surface area contributed by atoms with Crippen LogP contribution in [-0.2, 0) is 6.54 Å². The topological polar surface area (TPSA) is 27.1 Å². The lowest BCUT2D eigenvalue weighted by molar-refractivity contribution is 0.388. The molecule has 0 saturated heterocycles. The summed E-state index contributed by atoms with van der Waals surface area (Å²) in [7, 11) is 1.58. The van der Waals surface area contributed by atoms with Gasteiger partial charge in [0.25, 0.3) is 0 Å². The predicted octanol–water partition coefficient (Wildman–Crippen LogP) is 1.68. The van der Waals surface area contributed by atoms with Crippen molar-refractivity contribution in [1.29, 1.82) is 0 Å². The van der Waals surface area contributed by atoms with Gasteiger partial charge >= 0.3 is 0 Å². The summed E-state index contributed by atoms with van der Waals surface area (Å²) in [5, 5.41) is 4.12. The highest BCUT2D eigenvalue weighted by Crippen LogP contribution is 2.17. The van der Waals surface area contributed by atoms with Crippen LogP contribution in [0.15, 0.2) is 10.7 Å². The Hall–Kier alpha value is -0.950. The molecule has 0 saturated carbocycles. The number of hydrogen-bond acceptors (Lipinski definition) is 2. The van der Waals surface area contributed by atoms with Gasteiger partial charge < -0.3 is 4.74 Å². The first-order chi connectivity index (χ1) is 5.77. The lowest BCUT2D eigenvalue weighted by Gasteiger charge is -1.97. The minimum atomic E-state index is 0.596. The molecule has 1 heterocycles. The van der Waals surface area contributed by atoms with Gasteiger partial charge in [-0.2, -0.15) is 0 Å². The molecule has 3 nitrogen and oxygen atoms in total. The Morgan fingerprint density at radius 1 is 1.83 bits per heavy atom.